The Kier molecular flexibility index (Phi) is 4.74. The predicted molar refractivity (Wildman–Crippen MR) is 82.4 cm³/mol. The highest BCUT2D eigenvalue weighted by molar-refractivity contribution is 9.10. The number of hydrogen-bond acceptors (Lipinski definition) is 4. The van der Waals surface area contributed by atoms with Gasteiger partial charge >= 0.3 is 0 Å². The minimum absolute atomic E-state index is 0.411. The highest BCUT2D eigenvalue weighted by Gasteiger charge is 2.13. The zero-order valence-corrected chi connectivity index (χ0v) is 12.9. The van der Waals surface area contributed by atoms with Crippen LogP contribution >= 0.6 is 15.9 Å². The van der Waals surface area contributed by atoms with Gasteiger partial charge in [-0.05, 0) is 29.8 Å². The molecule has 0 saturated heterocycles. The second-order valence-corrected chi connectivity index (χ2v) is 5.09. The molecule has 0 aromatic heterocycles. The van der Waals surface area contributed by atoms with E-state index in [1.807, 2.05) is 36.4 Å². The Morgan fingerprint density at radius 3 is 2.05 bits per heavy atom. The van der Waals surface area contributed by atoms with E-state index in [9.17, 15) is 0 Å². The number of rotatable bonds is 5. The van der Waals surface area contributed by atoms with E-state index in [0.29, 0.717) is 23.9 Å². The van der Waals surface area contributed by atoms with Gasteiger partial charge in [-0.15, -0.1) is 0 Å². The van der Waals surface area contributed by atoms with Crippen molar-refractivity contribution in [2.45, 2.75) is 6.61 Å². The first-order valence-electron chi connectivity index (χ1n) is 6.02. The molecule has 2 N–H and O–H groups in total. The van der Waals surface area contributed by atoms with Crippen LogP contribution in [0.3, 0.4) is 0 Å². The molecule has 0 saturated carbocycles. The maximum Gasteiger partial charge on any atom is 0.203 e. The molecule has 4 nitrogen and oxygen atoms in total. The number of halogens is 1. The highest BCUT2D eigenvalue weighted by atomic mass is 79.9. The molecule has 0 atom stereocenters. The number of ether oxygens (including phenoxy) is 3. The van der Waals surface area contributed by atoms with Gasteiger partial charge in [0.25, 0.3) is 0 Å². The molecular weight excluding hydrogens is 322 g/mol. The molecule has 0 bridgehead atoms. The van der Waals surface area contributed by atoms with Gasteiger partial charge in [0.05, 0.1) is 14.2 Å². The molecule has 2 aromatic carbocycles. The van der Waals surface area contributed by atoms with Crippen LogP contribution in [0.2, 0.25) is 0 Å². The van der Waals surface area contributed by atoms with Crippen LogP contribution in [0.1, 0.15) is 5.56 Å². The lowest BCUT2D eigenvalue weighted by molar-refractivity contribution is 0.265. The molecule has 2 rings (SSSR count). The van der Waals surface area contributed by atoms with E-state index in [-0.39, 0.29) is 0 Å². The summed E-state index contributed by atoms with van der Waals surface area (Å²) in [6, 6.07) is 11.2. The van der Waals surface area contributed by atoms with Crippen LogP contribution in [0.4, 0.5) is 5.69 Å². The largest absolute Gasteiger partial charge is 0.493 e. The third kappa shape index (κ3) is 3.36. The van der Waals surface area contributed by atoms with E-state index in [0.717, 1.165) is 15.7 Å². The van der Waals surface area contributed by atoms with Gasteiger partial charge < -0.3 is 19.9 Å². The molecule has 0 radical (unpaired) electrons. The van der Waals surface area contributed by atoms with Gasteiger partial charge in [-0.3, -0.25) is 0 Å². The summed E-state index contributed by atoms with van der Waals surface area (Å²) in [5.74, 6) is 1.81. The summed E-state index contributed by atoms with van der Waals surface area (Å²) < 4.78 is 17.3. The fourth-order valence-electron chi connectivity index (χ4n) is 1.76. The van der Waals surface area contributed by atoms with Crippen LogP contribution in [0, 0.1) is 0 Å². The standard InChI is InChI=1S/C15H16BrNO3/c1-18-13-7-11(16)8-14(19-2)15(13)20-9-10-3-5-12(17)6-4-10/h3-8H,9,17H2,1-2H3. The van der Waals surface area contributed by atoms with Crippen LogP contribution in [0.15, 0.2) is 40.9 Å². The summed E-state index contributed by atoms with van der Waals surface area (Å²) in [6.45, 7) is 0.411. The SMILES string of the molecule is COc1cc(Br)cc(OC)c1OCc1ccc(N)cc1. The fourth-order valence-corrected chi connectivity index (χ4v) is 2.18. The van der Waals surface area contributed by atoms with Crippen LogP contribution in [-0.2, 0) is 6.61 Å². The van der Waals surface area contributed by atoms with Gasteiger partial charge in [-0.2, -0.15) is 0 Å². The summed E-state index contributed by atoms with van der Waals surface area (Å²) >= 11 is 3.40. The summed E-state index contributed by atoms with van der Waals surface area (Å²) in [7, 11) is 3.19. The van der Waals surface area contributed by atoms with E-state index >= 15 is 0 Å². The van der Waals surface area contributed by atoms with Gasteiger partial charge in [0.1, 0.15) is 6.61 Å². The molecule has 0 fully saturated rings. The summed E-state index contributed by atoms with van der Waals surface area (Å²) in [4.78, 5) is 0. The van der Waals surface area contributed by atoms with E-state index in [2.05, 4.69) is 15.9 Å². The highest BCUT2D eigenvalue weighted by Crippen LogP contribution is 2.40. The summed E-state index contributed by atoms with van der Waals surface area (Å²) in [5.41, 5.74) is 7.40. The first kappa shape index (κ1) is 14.5. The van der Waals surface area contributed by atoms with Crippen molar-refractivity contribution in [2.75, 3.05) is 20.0 Å². The minimum Gasteiger partial charge on any atom is -0.493 e. The zero-order chi connectivity index (χ0) is 14.5. The molecule has 20 heavy (non-hydrogen) atoms. The monoisotopic (exact) mass is 337 g/mol. The topological polar surface area (TPSA) is 53.7 Å². The molecule has 0 aliphatic rings. The molecule has 2 aromatic rings. The molecule has 0 aliphatic carbocycles. The number of nitrogen functional groups attached to an aromatic ring is 1. The molecule has 0 spiro atoms. The second-order valence-electron chi connectivity index (χ2n) is 4.17. The quantitative estimate of drug-likeness (QED) is 0.846. The second kappa shape index (κ2) is 6.52. The number of methoxy groups -OCH3 is 2. The molecule has 0 heterocycles. The van der Waals surface area contributed by atoms with E-state index < -0.39 is 0 Å². The van der Waals surface area contributed by atoms with Crippen molar-refractivity contribution in [3.05, 3.63) is 46.4 Å². The first-order valence-corrected chi connectivity index (χ1v) is 6.82. The fraction of sp³-hybridized carbons (Fsp3) is 0.200. The lowest BCUT2D eigenvalue weighted by Gasteiger charge is -2.15. The maximum atomic E-state index is 5.82. The third-order valence-corrected chi connectivity index (χ3v) is 3.25. The summed E-state index contributed by atoms with van der Waals surface area (Å²) in [5, 5.41) is 0. The van der Waals surface area contributed by atoms with Gasteiger partial charge in [0.15, 0.2) is 11.5 Å². The van der Waals surface area contributed by atoms with Gasteiger partial charge in [0, 0.05) is 10.2 Å². The Bertz CT molecular complexity index is 559. The van der Waals surface area contributed by atoms with Crippen LogP contribution in [0.5, 0.6) is 17.2 Å². The molecular formula is C15H16BrNO3. The maximum absolute atomic E-state index is 5.82. The van der Waals surface area contributed by atoms with Crippen LogP contribution in [0.25, 0.3) is 0 Å². The van der Waals surface area contributed by atoms with Crippen molar-refractivity contribution in [1.82, 2.24) is 0 Å². The average Bonchev–Trinajstić information content (AvgIpc) is 2.46. The van der Waals surface area contributed by atoms with Gasteiger partial charge in [0.2, 0.25) is 5.75 Å². The number of nitrogens with two attached hydrogens (primary N) is 1. The van der Waals surface area contributed by atoms with Crippen molar-refractivity contribution in [3.63, 3.8) is 0 Å². The Morgan fingerprint density at radius 2 is 1.55 bits per heavy atom. The van der Waals surface area contributed by atoms with Crippen molar-refractivity contribution < 1.29 is 14.2 Å². The minimum atomic E-state index is 0.411. The normalized spacial score (nSPS) is 10.2. The zero-order valence-electron chi connectivity index (χ0n) is 11.4. The van der Waals surface area contributed by atoms with Crippen LogP contribution < -0.4 is 19.9 Å². The Balaban J connectivity index is 2.21. The molecule has 0 unspecified atom stereocenters. The van der Waals surface area contributed by atoms with Crippen molar-refractivity contribution in [1.29, 1.82) is 0 Å². The lowest BCUT2D eigenvalue weighted by Crippen LogP contribution is -2.00. The average molecular weight is 338 g/mol. The van der Waals surface area contributed by atoms with Gasteiger partial charge in [-0.25, -0.2) is 0 Å². The lowest BCUT2D eigenvalue weighted by atomic mass is 10.2. The Hall–Kier alpha value is -1.88. The number of anilines is 1. The van der Waals surface area contributed by atoms with E-state index in [1.54, 1.807) is 14.2 Å². The van der Waals surface area contributed by atoms with E-state index in [4.69, 9.17) is 19.9 Å². The molecule has 106 valence electrons. The molecule has 0 amide bonds. The number of benzene rings is 2. The van der Waals surface area contributed by atoms with Crippen LogP contribution in [-0.4, -0.2) is 14.2 Å². The Morgan fingerprint density at radius 1 is 1.00 bits per heavy atom. The van der Waals surface area contributed by atoms with E-state index in [1.165, 1.54) is 0 Å². The third-order valence-electron chi connectivity index (χ3n) is 2.79. The molecule has 5 heteroatoms. The first-order chi connectivity index (χ1) is 9.63. The summed E-state index contributed by atoms with van der Waals surface area (Å²) in [6.07, 6.45) is 0. The predicted octanol–water partition coefficient (Wildman–Crippen LogP) is 3.63. The Labute approximate surface area is 126 Å². The molecule has 0 aliphatic heterocycles. The van der Waals surface area contributed by atoms with Crippen molar-refractivity contribution in [3.8, 4) is 17.2 Å². The van der Waals surface area contributed by atoms with Crippen molar-refractivity contribution >= 4 is 21.6 Å². The van der Waals surface area contributed by atoms with Crippen molar-refractivity contribution in [2.24, 2.45) is 0 Å². The number of hydrogen-bond donors (Lipinski definition) is 1. The van der Waals surface area contributed by atoms with Gasteiger partial charge in [-0.1, -0.05) is 28.1 Å². The smallest absolute Gasteiger partial charge is 0.203 e.